The second kappa shape index (κ2) is 8.74. The number of nitrogens with one attached hydrogen (secondary N) is 1. The minimum absolute atomic E-state index is 0.0548. The Kier molecular flexibility index (Phi) is 5.91. The van der Waals surface area contributed by atoms with E-state index in [0.29, 0.717) is 0 Å². The Morgan fingerprint density at radius 3 is 2.96 bits per heavy atom. The molecule has 1 atom stereocenters. The molecule has 0 aliphatic carbocycles. The highest BCUT2D eigenvalue weighted by Gasteiger charge is 2.27. The van der Waals surface area contributed by atoms with Crippen LogP contribution in [0.15, 0.2) is 48.5 Å². The third-order valence-electron chi connectivity index (χ3n) is 5.38. The van der Waals surface area contributed by atoms with Gasteiger partial charge in [0.05, 0.1) is 16.1 Å². The molecule has 1 saturated heterocycles. The molecule has 2 aromatic carbocycles. The Morgan fingerprint density at radius 1 is 1.25 bits per heavy atom. The van der Waals surface area contributed by atoms with E-state index in [2.05, 4.69) is 59.6 Å². The molecule has 146 valence electrons. The number of piperidine rings is 1. The molecule has 28 heavy (non-hydrogen) atoms. The summed E-state index contributed by atoms with van der Waals surface area (Å²) in [5, 5.41) is 4.19. The average Bonchev–Trinajstić information content (AvgIpc) is 3.15. The summed E-state index contributed by atoms with van der Waals surface area (Å²) in [6.07, 6.45) is 3.98. The van der Waals surface area contributed by atoms with Gasteiger partial charge < -0.3 is 10.2 Å². The van der Waals surface area contributed by atoms with Gasteiger partial charge in [-0.05, 0) is 55.9 Å². The smallest absolute Gasteiger partial charge is 0.224 e. The van der Waals surface area contributed by atoms with Crippen LogP contribution < -0.4 is 10.2 Å². The number of carbonyl (C=O) groups is 1. The summed E-state index contributed by atoms with van der Waals surface area (Å²) in [7, 11) is 0. The van der Waals surface area contributed by atoms with Crippen LogP contribution in [0.4, 0.5) is 5.13 Å². The van der Waals surface area contributed by atoms with Crippen LogP contribution in [0.3, 0.4) is 0 Å². The second-order valence-electron chi connectivity index (χ2n) is 7.63. The molecule has 4 nitrogen and oxygen atoms in total. The van der Waals surface area contributed by atoms with Crippen molar-refractivity contribution in [2.24, 2.45) is 5.92 Å². The molecule has 4 rings (SSSR count). The van der Waals surface area contributed by atoms with Crippen LogP contribution in [0, 0.1) is 12.8 Å². The van der Waals surface area contributed by atoms with Crippen LogP contribution in [0.25, 0.3) is 10.2 Å². The number of thiazole rings is 1. The maximum absolute atomic E-state index is 12.6. The van der Waals surface area contributed by atoms with E-state index in [-0.39, 0.29) is 11.8 Å². The van der Waals surface area contributed by atoms with Crippen LogP contribution in [-0.2, 0) is 11.2 Å². The van der Waals surface area contributed by atoms with Crippen LogP contribution in [-0.4, -0.2) is 30.5 Å². The van der Waals surface area contributed by atoms with Crippen molar-refractivity contribution in [3.8, 4) is 0 Å². The molecular weight excluding hydrogens is 366 g/mol. The fourth-order valence-electron chi connectivity index (χ4n) is 3.81. The standard InChI is InChI=1S/C23H27N3OS/c1-17-11-12-20-21(15-17)28-23(25-20)26-14-6-10-19(16-26)22(27)24-13-5-9-18-7-3-2-4-8-18/h2-4,7-8,11-12,15,19H,5-6,9-10,13-14,16H2,1H3,(H,24,27). The van der Waals surface area contributed by atoms with E-state index >= 15 is 0 Å². The van der Waals surface area contributed by atoms with Gasteiger partial charge in [0, 0.05) is 19.6 Å². The second-order valence-corrected chi connectivity index (χ2v) is 8.64. The SMILES string of the molecule is Cc1ccc2nc(N3CCCC(C(=O)NCCCc4ccccc4)C3)sc2c1. The van der Waals surface area contributed by atoms with Crippen molar-refractivity contribution in [3.05, 3.63) is 59.7 Å². The lowest BCUT2D eigenvalue weighted by Crippen LogP contribution is -2.43. The fraction of sp³-hybridized carbons (Fsp3) is 0.391. The highest BCUT2D eigenvalue weighted by molar-refractivity contribution is 7.22. The normalized spacial score (nSPS) is 17.0. The largest absolute Gasteiger partial charge is 0.356 e. The van der Waals surface area contributed by atoms with Gasteiger partial charge in [-0.25, -0.2) is 4.98 Å². The predicted molar refractivity (Wildman–Crippen MR) is 117 cm³/mol. The maximum atomic E-state index is 12.6. The van der Waals surface area contributed by atoms with E-state index in [0.717, 1.165) is 56.0 Å². The van der Waals surface area contributed by atoms with E-state index in [1.165, 1.54) is 15.8 Å². The van der Waals surface area contributed by atoms with E-state index in [1.54, 1.807) is 11.3 Å². The molecule has 1 aliphatic rings. The Hall–Kier alpha value is -2.40. The molecule has 3 aromatic rings. The molecule has 0 radical (unpaired) electrons. The quantitative estimate of drug-likeness (QED) is 0.624. The van der Waals surface area contributed by atoms with E-state index in [1.807, 2.05) is 6.07 Å². The maximum Gasteiger partial charge on any atom is 0.224 e. The number of nitrogens with zero attached hydrogens (tertiary/aromatic N) is 2. The van der Waals surface area contributed by atoms with Crippen molar-refractivity contribution in [2.45, 2.75) is 32.6 Å². The first-order chi connectivity index (χ1) is 13.7. The van der Waals surface area contributed by atoms with E-state index < -0.39 is 0 Å². The van der Waals surface area contributed by atoms with Crippen molar-refractivity contribution in [1.82, 2.24) is 10.3 Å². The molecule has 1 fully saturated rings. The molecule has 1 amide bonds. The van der Waals surface area contributed by atoms with Crippen molar-refractivity contribution < 1.29 is 4.79 Å². The van der Waals surface area contributed by atoms with Gasteiger partial charge >= 0.3 is 0 Å². The number of benzene rings is 2. The lowest BCUT2D eigenvalue weighted by Gasteiger charge is -2.31. The number of hydrogen-bond donors (Lipinski definition) is 1. The molecule has 5 heteroatoms. The zero-order valence-corrected chi connectivity index (χ0v) is 17.2. The van der Waals surface area contributed by atoms with Gasteiger partial charge in [0.1, 0.15) is 0 Å². The number of carbonyl (C=O) groups excluding carboxylic acids is 1. The van der Waals surface area contributed by atoms with Crippen molar-refractivity contribution in [3.63, 3.8) is 0 Å². The zero-order valence-electron chi connectivity index (χ0n) is 16.4. The van der Waals surface area contributed by atoms with Gasteiger partial charge in [-0.2, -0.15) is 0 Å². The number of aryl methyl sites for hydroxylation is 2. The van der Waals surface area contributed by atoms with Crippen molar-refractivity contribution in [1.29, 1.82) is 0 Å². The van der Waals surface area contributed by atoms with E-state index in [4.69, 9.17) is 4.98 Å². The topological polar surface area (TPSA) is 45.2 Å². The third-order valence-corrected chi connectivity index (χ3v) is 6.46. The van der Waals surface area contributed by atoms with Crippen LogP contribution in [0.5, 0.6) is 0 Å². The molecule has 2 heterocycles. The first-order valence-electron chi connectivity index (χ1n) is 10.1. The Balaban J connectivity index is 1.30. The number of anilines is 1. The third kappa shape index (κ3) is 4.53. The summed E-state index contributed by atoms with van der Waals surface area (Å²) >= 11 is 1.73. The van der Waals surface area contributed by atoms with Gasteiger partial charge in [0.2, 0.25) is 5.91 Å². The van der Waals surface area contributed by atoms with Gasteiger partial charge in [-0.15, -0.1) is 0 Å². The van der Waals surface area contributed by atoms with Crippen LogP contribution in [0.1, 0.15) is 30.4 Å². The van der Waals surface area contributed by atoms with Gasteiger partial charge in [-0.3, -0.25) is 4.79 Å². The first kappa shape index (κ1) is 18.9. The van der Waals surface area contributed by atoms with Gasteiger partial charge in [-0.1, -0.05) is 47.7 Å². The average molecular weight is 394 g/mol. The van der Waals surface area contributed by atoms with Crippen LogP contribution >= 0.6 is 11.3 Å². The first-order valence-corrected chi connectivity index (χ1v) is 10.9. The fourth-order valence-corrected chi connectivity index (χ4v) is 4.91. The minimum atomic E-state index is 0.0548. The summed E-state index contributed by atoms with van der Waals surface area (Å²) < 4.78 is 1.22. The zero-order chi connectivity index (χ0) is 19.3. The Labute approximate surface area is 170 Å². The van der Waals surface area contributed by atoms with Crippen LogP contribution in [0.2, 0.25) is 0 Å². The number of amides is 1. The number of rotatable bonds is 6. The predicted octanol–water partition coefficient (Wildman–Crippen LogP) is 4.57. The minimum Gasteiger partial charge on any atom is -0.356 e. The lowest BCUT2D eigenvalue weighted by atomic mass is 9.97. The molecule has 1 aromatic heterocycles. The molecule has 0 saturated carbocycles. The molecule has 0 spiro atoms. The molecular formula is C23H27N3OS. The summed E-state index contributed by atoms with van der Waals surface area (Å²) in [5.41, 5.74) is 3.64. The van der Waals surface area contributed by atoms with Gasteiger partial charge in [0.25, 0.3) is 0 Å². The highest BCUT2D eigenvalue weighted by atomic mass is 32.1. The Morgan fingerprint density at radius 2 is 2.11 bits per heavy atom. The monoisotopic (exact) mass is 393 g/mol. The number of hydrogen-bond acceptors (Lipinski definition) is 4. The summed E-state index contributed by atoms with van der Waals surface area (Å²) in [4.78, 5) is 19.7. The molecule has 1 unspecified atom stereocenters. The molecule has 0 bridgehead atoms. The highest BCUT2D eigenvalue weighted by Crippen LogP contribution is 2.32. The molecule has 1 aliphatic heterocycles. The molecule has 1 N–H and O–H groups in total. The summed E-state index contributed by atoms with van der Waals surface area (Å²) in [5.74, 6) is 0.244. The summed E-state index contributed by atoms with van der Waals surface area (Å²) in [6.45, 7) is 4.60. The van der Waals surface area contributed by atoms with Crippen molar-refractivity contribution >= 4 is 32.6 Å². The number of fused-ring (bicyclic) bond motifs is 1. The Bertz CT molecular complexity index is 937. The van der Waals surface area contributed by atoms with Gasteiger partial charge in [0.15, 0.2) is 5.13 Å². The summed E-state index contributed by atoms with van der Waals surface area (Å²) in [6, 6.07) is 16.8. The lowest BCUT2D eigenvalue weighted by molar-refractivity contribution is -0.125. The number of aromatic nitrogens is 1. The van der Waals surface area contributed by atoms with E-state index in [9.17, 15) is 4.79 Å². The van der Waals surface area contributed by atoms with Crippen molar-refractivity contribution in [2.75, 3.05) is 24.5 Å².